The lowest BCUT2D eigenvalue weighted by molar-refractivity contribution is -0.268. The predicted molar refractivity (Wildman–Crippen MR) is 106 cm³/mol. The van der Waals surface area contributed by atoms with Gasteiger partial charge in [0.15, 0.2) is 5.76 Å². The summed E-state index contributed by atoms with van der Waals surface area (Å²) < 4.78 is 16.4. The van der Waals surface area contributed by atoms with Crippen LogP contribution in [0.3, 0.4) is 0 Å². The number of aromatic hydroxyl groups is 3. The quantitative estimate of drug-likeness (QED) is 0.348. The predicted octanol–water partition coefficient (Wildman–Crippen LogP) is 0.783. The van der Waals surface area contributed by atoms with Gasteiger partial charge in [0.1, 0.15) is 46.5 Å². The molecule has 1 aromatic heterocycles. The zero-order chi connectivity index (χ0) is 22.4. The van der Waals surface area contributed by atoms with Crippen LogP contribution in [-0.2, 0) is 4.74 Å². The number of hydrogen-bond acceptors (Lipinski definition) is 10. The molecule has 164 valence electrons. The van der Waals surface area contributed by atoms with Gasteiger partial charge in [-0.2, -0.15) is 0 Å². The molecule has 2 heterocycles. The molecular formula is C21H20O10. The highest BCUT2D eigenvalue weighted by molar-refractivity contribution is 5.88. The topological polar surface area (TPSA) is 170 Å². The van der Waals surface area contributed by atoms with Gasteiger partial charge in [-0.15, -0.1) is 0 Å². The molecule has 0 spiro atoms. The van der Waals surface area contributed by atoms with E-state index in [1.807, 2.05) is 0 Å². The summed E-state index contributed by atoms with van der Waals surface area (Å²) in [5, 5.41) is 59.2. The molecule has 0 unspecified atom stereocenters. The number of hydrogen-bond donors (Lipinski definition) is 6. The van der Waals surface area contributed by atoms with E-state index < -0.39 is 47.6 Å². The van der Waals surface area contributed by atoms with Crippen LogP contribution in [0.4, 0.5) is 0 Å². The van der Waals surface area contributed by atoms with Crippen LogP contribution < -0.4 is 10.2 Å². The van der Waals surface area contributed by atoms with Gasteiger partial charge in [0.2, 0.25) is 17.5 Å². The Kier molecular flexibility index (Phi) is 5.23. The minimum atomic E-state index is -1.48. The van der Waals surface area contributed by atoms with Crippen molar-refractivity contribution in [3.05, 3.63) is 46.6 Å². The van der Waals surface area contributed by atoms with Gasteiger partial charge < -0.3 is 44.5 Å². The lowest BCUT2D eigenvalue weighted by atomic mass is 10.00. The van der Waals surface area contributed by atoms with E-state index in [0.717, 1.165) is 12.1 Å². The lowest BCUT2D eigenvalue weighted by Gasteiger charge is -2.38. The summed E-state index contributed by atoms with van der Waals surface area (Å²) in [6, 6.07) is 7.94. The zero-order valence-electron chi connectivity index (χ0n) is 16.2. The van der Waals surface area contributed by atoms with E-state index >= 15 is 0 Å². The van der Waals surface area contributed by atoms with E-state index in [1.54, 1.807) is 0 Å². The van der Waals surface area contributed by atoms with Crippen molar-refractivity contribution in [2.45, 2.75) is 37.6 Å². The number of aliphatic hydroxyl groups excluding tert-OH is 3. The van der Waals surface area contributed by atoms with Crippen molar-refractivity contribution in [2.24, 2.45) is 0 Å². The number of benzene rings is 2. The third-order valence-corrected chi connectivity index (χ3v) is 5.11. The molecule has 10 nitrogen and oxygen atoms in total. The van der Waals surface area contributed by atoms with Crippen LogP contribution in [0.5, 0.6) is 23.0 Å². The fourth-order valence-electron chi connectivity index (χ4n) is 3.40. The number of rotatable bonds is 3. The van der Waals surface area contributed by atoms with Crippen molar-refractivity contribution in [3.8, 4) is 34.3 Å². The number of aliphatic hydroxyl groups is 3. The van der Waals surface area contributed by atoms with Gasteiger partial charge in [-0.1, -0.05) is 0 Å². The maximum atomic E-state index is 12.4. The Morgan fingerprint density at radius 3 is 2.29 bits per heavy atom. The van der Waals surface area contributed by atoms with E-state index in [-0.39, 0.29) is 28.2 Å². The Labute approximate surface area is 174 Å². The maximum absolute atomic E-state index is 12.4. The second kappa shape index (κ2) is 7.75. The smallest absolute Gasteiger partial charge is 0.238 e. The molecule has 0 aliphatic carbocycles. The first-order valence-electron chi connectivity index (χ1n) is 9.36. The number of fused-ring (bicyclic) bond motifs is 1. The molecule has 0 saturated carbocycles. The van der Waals surface area contributed by atoms with Crippen LogP contribution in [0.15, 0.2) is 45.6 Å². The molecular weight excluding hydrogens is 412 g/mol. The summed E-state index contributed by atoms with van der Waals surface area (Å²) in [4.78, 5) is 12.4. The highest BCUT2D eigenvalue weighted by Gasteiger charge is 2.43. The fraction of sp³-hybridized carbons (Fsp3) is 0.286. The summed E-state index contributed by atoms with van der Waals surface area (Å²) in [7, 11) is 0. The third kappa shape index (κ3) is 3.66. The Morgan fingerprint density at radius 2 is 1.61 bits per heavy atom. The van der Waals surface area contributed by atoms with Crippen molar-refractivity contribution in [1.82, 2.24) is 0 Å². The number of ether oxygens (including phenoxy) is 2. The highest BCUT2D eigenvalue weighted by Crippen LogP contribution is 2.35. The first kappa shape index (κ1) is 20.9. The van der Waals surface area contributed by atoms with Crippen molar-refractivity contribution < 1.29 is 44.5 Å². The fourth-order valence-corrected chi connectivity index (χ4v) is 3.40. The zero-order valence-corrected chi connectivity index (χ0v) is 16.2. The summed E-state index contributed by atoms with van der Waals surface area (Å²) in [5.41, 5.74) is -0.689. The van der Waals surface area contributed by atoms with Gasteiger partial charge >= 0.3 is 0 Å². The summed E-state index contributed by atoms with van der Waals surface area (Å²) >= 11 is 0. The van der Waals surface area contributed by atoms with Crippen molar-refractivity contribution in [1.29, 1.82) is 0 Å². The van der Waals surface area contributed by atoms with Crippen LogP contribution >= 0.6 is 0 Å². The molecule has 4 rings (SSSR count). The first-order valence-corrected chi connectivity index (χ1v) is 9.36. The molecule has 1 saturated heterocycles. The van der Waals surface area contributed by atoms with E-state index in [2.05, 4.69) is 0 Å². The SMILES string of the molecule is C[C@H]1O[C@H](Oc2ccc(-c3oc4cc(O)cc(O)c4c(=O)c3O)cc2)[C@@H](O)[C@@H](O)[C@@H]1O. The third-order valence-electron chi connectivity index (χ3n) is 5.11. The van der Waals surface area contributed by atoms with Gasteiger partial charge in [0.25, 0.3) is 0 Å². The molecule has 10 heteroatoms. The van der Waals surface area contributed by atoms with Gasteiger partial charge in [0.05, 0.1) is 6.10 Å². The summed E-state index contributed by atoms with van der Waals surface area (Å²) in [6.07, 6.45) is -6.16. The summed E-state index contributed by atoms with van der Waals surface area (Å²) in [6.45, 7) is 1.53. The average Bonchev–Trinajstić information content (AvgIpc) is 2.73. The Morgan fingerprint density at radius 1 is 0.935 bits per heavy atom. The first-order chi connectivity index (χ1) is 14.7. The van der Waals surface area contributed by atoms with Gasteiger partial charge in [-0.25, -0.2) is 0 Å². The largest absolute Gasteiger partial charge is 0.508 e. The van der Waals surface area contributed by atoms with Gasteiger partial charge in [-0.3, -0.25) is 4.79 Å². The highest BCUT2D eigenvalue weighted by atomic mass is 16.7. The van der Waals surface area contributed by atoms with Crippen LogP contribution in [0, 0.1) is 0 Å². The molecule has 0 radical (unpaired) electrons. The minimum Gasteiger partial charge on any atom is -0.508 e. The number of phenolic OH excluding ortho intramolecular Hbond substituents is 2. The van der Waals surface area contributed by atoms with Crippen LogP contribution in [0.1, 0.15) is 6.92 Å². The molecule has 6 N–H and O–H groups in total. The summed E-state index contributed by atoms with van der Waals surface area (Å²) in [5.74, 6) is -1.51. The van der Waals surface area contributed by atoms with Gasteiger partial charge in [0, 0.05) is 17.7 Å². The Hall–Kier alpha value is -3.31. The molecule has 0 amide bonds. The van der Waals surface area contributed by atoms with E-state index in [0.29, 0.717) is 5.56 Å². The standard InChI is InChI=1S/C21H20O10/c1-8-15(24)17(26)19(28)21(29-8)30-11-4-2-9(3-5-11)20-18(27)16(25)14-12(23)6-10(22)7-13(14)31-20/h2-8,15,17,19,21-24,26-28H,1H3/t8-,15-,17+,19+,21-/m1/s1. The van der Waals surface area contributed by atoms with Crippen molar-refractivity contribution in [3.63, 3.8) is 0 Å². The molecule has 31 heavy (non-hydrogen) atoms. The normalized spacial score (nSPS) is 26.1. The number of phenols is 2. The Bertz CT molecular complexity index is 1170. The van der Waals surface area contributed by atoms with E-state index in [9.17, 15) is 35.4 Å². The molecule has 0 bridgehead atoms. The molecule has 1 aliphatic heterocycles. The molecule has 1 aliphatic rings. The van der Waals surface area contributed by atoms with Gasteiger partial charge in [-0.05, 0) is 31.2 Å². The average molecular weight is 432 g/mol. The van der Waals surface area contributed by atoms with Crippen LogP contribution in [0.25, 0.3) is 22.3 Å². The van der Waals surface area contributed by atoms with Crippen LogP contribution in [-0.4, -0.2) is 61.3 Å². The van der Waals surface area contributed by atoms with E-state index in [1.165, 1.54) is 31.2 Å². The Balaban J connectivity index is 1.64. The second-order valence-corrected chi connectivity index (χ2v) is 7.27. The van der Waals surface area contributed by atoms with Crippen molar-refractivity contribution >= 4 is 11.0 Å². The molecule has 5 atom stereocenters. The minimum absolute atomic E-state index is 0.115. The second-order valence-electron chi connectivity index (χ2n) is 7.27. The molecule has 1 fully saturated rings. The van der Waals surface area contributed by atoms with Crippen LogP contribution in [0.2, 0.25) is 0 Å². The maximum Gasteiger partial charge on any atom is 0.238 e. The van der Waals surface area contributed by atoms with E-state index in [4.69, 9.17) is 13.9 Å². The molecule has 3 aromatic rings. The van der Waals surface area contributed by atoms with Crippen molar-refractivity contribution in [2.75, 3.05) is 0 Å². The monoisotopic (exact) mass is 432 g/mol. The molecule has 2 aromatic carbocycles. The lowest BCUT2D eigenvalue weighted by Crippen LogP contribution is -2.58.